The van der Waals surface area contributed by atoms with Gasteiger partial charge < -0.3 is 9.30 Å². The molecular formula is C18H14F3NO. The first-order valence-electron chi connectivity index (χ1n) is 7.02. The molecule has 0 aliphatic heterocycles. The van der Waals surface area contributed by atoms with Gasteiger partial charge in [-0.05, 0) is 48.9 Å². The fraction of sp³-hybridized carbons (Fsp3) is 0.111. The fourth-order valence-electron chi connectivity index (χ4n) is 2.21. The van der Waals surface area contributed by atoms with Gasteiger partial charge in [-0.25, -0.2) is 0 Å². The minimum Gasteiger partial charge on any atom is -0.457 e. The first-order valence-corrected chi connectivity index (χ1v) is 7.02. The van der Waals surface area contributed by atoms with Crippen LogP contribution in [0.4, 0.5) is 13.2 Å². The maximum Gasteiger partial charge on any atom is 0.417 e. The molecule has 0 atom stereocenters. The minimum absolute atomic E-state index is 0.631. The third kappa shape index (κ3) is 3.39. The molecule has 3 rings (SSSR count). The van der Waals surface area contributed by atoms with Crippen LogP contribution in [-0.2, 0) is 6.18 Å². The molecule has 0 amide bonds. The van der Waals surface area contributed by atoms with E-state index in [1.165, 1.54) is 10.8 Å². The van der Waals surface area contributed by atoms with Crippen molar-refractivity contribution >= 4 is 0 Å². The highest BCUT2D eigenvalue weighted by molar-refractivity contribution is 5.42. The van der Waals surface area contributed by atoms with Crippen LogP contribution in [0.3, 0.4) is 0 Å². The first-order chi connectivity index (χ1) is 10.9. The van der Waals surface area contributed by atoms with Crippen LogP contribution in [0.25, 0.3) is 5.69 Å². The number of hydrogen-bond donors (Lipinski definition) is 0. The molecule has 0 aliphatic carbocycles. The molecule has 0 N–H and O–H groups in total. The summed E-state index contributed by atoms with van der Waals surface area (Å²) in [7, 11) is 0. The van der Waals surface area contributed by atoms with Gasteiger partial charge >= 0.3 is 6.18 Å². The summed E-state index contributed by atoms with van der Waals surface area (Å²) in [4.78, 5) is 0. The van der Waals surface area contributed by atoms with Gasteiger partial charge in [0.1, 0.15) is 11.5 Å². The molecule has 1 heterocycles. The number of nitrogens with zero attached hydrogens (tertiary/aromatic N) is 1. The molecule has 0 unspecified atom stereocenters. The second kappa shape index (κ2) is 5.83. The van der Waals surface area contributed by atoms with Gasteiger partial charge in [-0.1, -0.05) is 18.2 Å². The Bertz CT molecular complexity index is 804. The molecule has 0 saturated carbocycles. The molecule has 23 heavy (non-hydrogen) atoms. The highest BCUT2D eigenvalue weighted by Crippen LogP contribution is 2.30. The van der Waals surface area contributed by atoms with Crippen LogP contribution in [0.15, 0.2) is 67.0 Å². The number of aryl methyl sites for hydroxylation is 1. The molecule has 3 aromatic rings. The number of rotatable bonds is 3. The summed E-state index contributed by atoms with van der Waals surface area (Å²) < 4.78 is 45.1. The number of alkyl halides is 3. The molecule has 0 spiro atoms. The normalized spacial score (nSPS) is 11.5. The topological polar surface area (TPSA) is 14.2 Å². The molecular weight excluding hydrogens is 303 g/mol. The van der Waals surface area contributed by atoms with Crippen molar-refractivity contribution in [2.24, 2.45) is 0 Å². The summed E-state index contributed by atoms with van der Waals surface area (Å²) in [6.07, 6.45) is -1.88. The molecule has 1 aromatic heterocycles. The Hall–Kier alpha value is -2.69. The maximum atomic E-state index is 12.6. The Morgan fingerprint density at radius 3 is 2.22 bits per heavy atom. The monoisotopic (exact) mass is 317 g/mol. The van der Waals surface area contributed by atoms with Gasteiger partial charge in [0.15, 0.2) is 0 Å². The van der Waals surface area contributed by atoms with Crippen molar-refractivity contribution < 1.29 is 17.9 Å². The van der Waals surface area contributed by atoms with Gasteiger partial charge in [0.05, 0.1) is 5.56 Å². The van der Waals surface area contributed by atoms with Gasteiger partial charge in [0.25, 0.3) is 0 Å². The average molecular weight is 317 g/mol. The minimum atomic E-state index is -4.33. The van der Waals surface area contributed by atoms with Gasteiger partial charge in [0.2, 0.25) is 0 Å². The van der Waals surface area contributed by atoms with E-state index >= 15 is 0 Å². The Kier molecular flexibility index (Phi) is 3.86. The van der Waals surface area contributed by atoms with E-state index in [0.29, 0.717) is 11.4 Å². The van der Waals surface area contributed by atoms with Crippen molar-refractivity contribution in [3.8, 4) is 17.2 Å². The van der Waals surface area contributed by atoms with Crippen LogP contribution in [0.2, 0.25) is 0 Å². The van der Waals surface area contributed by atoms with E-state index in [2.05, 4.69) is 0 Å². The number of halogens is 3. The Morgan fingerprint density at radius 2 is 1.61 bits per heavy atom. The molecule has 5 heteroatoms. The summed E-state index contributed by atoms with van der Waals surface area (Å²) in [5.41, 5.74) is 0.979. The van der Waals surface area contributed by atoms with E-state index in [1.807, 2.05) is 31.2 Å². The van der Waals surface area contributed by atoms with Crippen molar-refractivity contribution in [2.75, 3.05) is 0 Å². The third-order valence-electron chi connectivity index (χ3n) is 3.48. The molecule has 118 valence electrons. The fourth-order valence-corrected chi connectivity index (χ4v) is 2.21. The molecule has 0 aliphatic rings. The van der Waals surface area contributed by atoms with Crippen LogP contribution in [0.5, 0.6) is 11.5 Å². The van der Waals surface area contributed by atoms with Crippen LogP contribution >= 0.6 is 0 Å². The van der Waals surface area contributed by atoms with Crippen molar-refractivity contribution in [1.82, 2.24) is 4.57 Å². The Morgan fingerprint density at radius 1 is 0.913 bits per heavy atom. The lowest BCUT2D eigenvalue weighted by molar-refractivity contribution is -0.137. The lowest BCUT2D eigenvalue weighted by atomic mass is 10.2. The summed E-state index contributed by atoms with van der Waals surface area (Å²) >= 11 is 0. The lowest BCUT2D eigenvalue weighted by Gasteiger charge is -2.09. The first kappa shape index (κ1) is 15.2. The molecule has 2 nitrogen and oxygen atoms in total. The molecule has 2 aromatic carbocycles. The summed E-state index contributed by atoms with van der Waals surface area (Å²) in [5.74, 6) is 1.38. The van der Waals surface area contributed by atoms with Crippen molar-refractivity contribution in [3.05, 3.63) is 78.1 Å². The molecule has 0 bridgehead atoms. The second-order valence-electron chi connectivity index (χ2n) is 5.17. The van der Waals surface area contributed by atoms with Gasteiger partial charge in [-0.15, -0.1) is 0 Å². The van der Waals surface area contributed by atoms with E-state index in [9.17, 15) is 13.2 Å². The van der Waals surface area contributed by atoms with Crippen molar-refractivity contribution in [3.63, 3.8) is 0 Å². The van der Waals surface area contributed by atoms with Crippen molar-refractivity contribution in [2.45, 2.75) is 13.1 Å². The van der Waals surface area contributed by atoms with Gasteiger partial charge in [0, 0.05) is 18.1 Å². The van der Waals surface area contributed by atoms with Gasteiger partial charge in [-0.2, -0.15) is 13.2 Å². The van der Waals surface area contributed by atoms with E-state index < -0.39 is 11.7 Å². The number of aromatic nitrogens is 1. The zero-order chi connectivity index (χ0) is 16.4. The summed E-state index contributed by atoms with van der Waals surface area (Å²) in [5, 5.41) is 0. The zero-order valence-corrected chi connectivity index (χ0v) is 12.3. The quantitative estimate of drug-likeness (QED) is 0.613. The van der Waals surface area contributed by atoms with Crippen LogP contribution < -0.4 is 4.74 Å². The number of benzene rings is 2. The van der Waals surface area contributed by atoms with Crippen LogP contribution in [0.1, 0.15) is 11.1 Å². The SMILES string of the molecule is Cc1ccccc1Oc1ccc(-n2ccc(C(F)(F)F)c2)cc1. The largest absolute Gasteiger partial charge is 0.457 e. The highest BCUT2D eigenvalue weighted by Gasteiger charge is 2.31. The van der Waals surface area contributed by atoms with E-state index in [-0.39, 0.29) is 0 Å². The Balaban J connectivity index is 1.80. The lowest BCUT2D eigenvalue weighted by Crippen LogP contribution is -2.02. The number of ether oxygens (including phenoxy) is 1. The van der Waals surface area contributed by atoms with E-state index in [1.54, 1.807) is 24.3 Å². The highest BCUT2D eigenvalue weighted by atomic mass is 19.4. The van der Waals surface area contributed by atoms with E-state index in [4.69, 9.17) is 4.74 Å². The third-order valence-corrected chi connectivity index (χ3v) is 3.48. The molecule has 0 fully saturated rings. The number of hydrogen-bond acceptors (Lipinski definition) is 1. The van der Waals surface area contributed by atoms with E-state index in [0.717, 1.165) is 23.6 Å². The zero-order valence-electron chi connectivity index (χ0n) is 12.3. The predicted octanol–water partition coefficient (Wildman–Crippen LogP) is 5.60. The smallest absolute Gasteiger partial charge is 0.417 e. The Labute approximate surface area is 131 Å². The van der Waals surface area contributed by atoms with Gasteiger partial charge in [-0.3, -0.25) is 0 Å². The average Bonchev–Trinajstić information content (AvgIpc) is 3.00. The summed E-state index contributed by atoms with van der Waals surface area (Å²) in [6.45, 7) is 1.95. The number of para-hydroxylation sites is 1. The van der Waals surface area contributed by atoms with Crippen molar-refractivity contribution in [1.29, 1.82) is 0 Å². The standard InChI is InChI=1S/C18H14F3NO/c1-13-4-2-3-5-17(13)23-16-8-6-15(7-9-16)22-11-10-14(12-22)18(19,20)21/h2-12H,1H3. The maximum absolute atomic E-state index is 12.6. The van der Waals surface area contributed by atoms with Crippen LogP contribution in [0, 0.1) is 6.92 Å². The second-order valence-corrected chi connectivity index (χ2v) is 5.17. The molecule has 0 saturated heterocycles. The van der Waals surface area contributed by atoms with Crippen LogP contribution in [-0.4, -0.2) is 4.57 Å². The molecule has 0 radical (unpaired) electrons. The predicted molar refractivity (Wildman–Crippen MR) is 82.0 cm³/mol. The summed E-state index contributed by atoms with van der Waals surface area (Å²) in [6, 6.07) is 15.6.